The summed E-state index contributed by atoms with van der Waals surface area (Å²) in [6.07, 6.45) is 2.47. The predicted octanol–water partition coefficient (Wildman–Crippen LogP) is 2.70. The summed E-state index contributed by atoms with van der Waals surface area (Å²) in [4.78, 5) is 14.4. The van der Waals surface area contributed by atoms with E-state index in [1.54, 1.807) is 20.1 Å². The lowest BCUT2D eigenvalue weighted by atomic mass is 9.79. The fourth-order valence-corrected chi connectivity index (χ4v) is 3.90. The highest BCUT2D eigenvalue weighted by Gasteiger charge is 2.42. The number of hydrogen-bond donors (Lipinski definition) is 0. The van der Waals surface area contributed by atoms with Gasteiger partial charge >= 0.3 is 0 Å². The number of aryl methyl sites for hydroxylation is 1. The molecule has 1 saturated heterocycles. The third-order valence-corrected chi connectivity index (χ3v) is 5.26. The van der Waals surface area contributed by atoms with Crippen molar-refractivity contribution in [3.63, 3.8) is 0 Å². The molecule has 2 aliphatic rings. The molecule has 4 rings (SSSR count). The number of benzene rings is 1. The summed E-state index contributed by atoms with van der Waals surface area (Å²) in [5, 5.41) is 3.84. The second-order valence-electron chi connectivity index (χ2n) is 6.73. The first-order chi connectivity index (χ1) is 12.1. The first kappa shape index (κ1) is 16.1. The van der Waals surface area contributed by atoms with E-state index < -0.39 is 0 Å². The molecule has 1 spiro atoms. The van der Waals surface area contributed by atoms with Crippen LogP contribution >= 0.6 is 0 Å². The van der Waals surface area contributed by atoms with Crippen LogP contribution in [0.1, 0.15) is 40.2 Å². The Labute approximate surface area is 146 Å². The summed E-state index contributed by atoms with van der Waals surface area (Å²) >= 11 is 0. The van der Waals surface area contributed by atoms with E-state index in [0.29, 0.717) is 31.2 Å². The molecule has 6 heteroatoms. The van der Waals surface area contributed by atoms with Gasteiger partial charge in [0.2, 0.25) is 0 Å². The lowest BCUT2D eigenvalue weighted by Crippen LogP contribution is -2.48. The van der Waals surface area contributed by atoms with Crippen molar-refractivity contribution in [2.24, 2.45) is 0 Å². The van der Waals surface area contributed by atoms with Crippen LogP contribution < -0.4 is 4.74 Å². The van der Waals surface area contributed by atoms with Crippen LogP contribution in [0.5, 0.6) is 5.75 Å². The Morgan fingerprint density at radius 2 is 2.08 bits per heavy atom. The Morgan fingerprint density at radius 1 is 1.28 bits per heavy atom. The zero-order chi connectivity index (χ0) is 17.4. The zero-order valence-corrected chi connectivity index (χ0v) is 14.6. The summed E-state index contributed by atoms with van der Waals surface area (Å²) in [5.41, 5.74) is 2.61. The van der Waals surface area contributed by atoms with Gasteiger partial charge in [0.1, 0.15) is 11.5 Å². The van der Waals surface area contributed by atoms with E-state index in [2.05, 4.69) is 17.3 Å². The minimum atomic E-state index is -0.295. The maximum atomic E-state index is 12.6. The molecule has 1 aromatic carbocycles. The lowest BCUT2D eigenvalue weighted by Gasteiger charge is -2.45. The maximum absolute atomic E-state index is 12.6. The third-order valence-electron chi connectivity index (χ3n) is 5.26. The van der Waals surface area contributed by atoms with Crippen molar-refractivity contribution in [1.82, 2.24) is 10.1 Å². The fraction of sp³-hybridized carbons (Fsp3) is 0.474. The predicted molar refractivity (Wildman–Crippen MR) is 90.7 cm³/mol. The van der Waals surface area contributed by atoms with Gasteiger partial charge in [-0.05, 0) is 49.4 Å². The number of fused-ring (bicyclic) bond motifs is 2. The number of nitrogens with zero attached hydrogens (tertiary/aromatic N) is 2. The molecular weight excluding hydrogens is 320 g/mol. The Hall–Kier alpha value is -2.34. The minimum Gasteiger partial charge on any atom is -0.497 e. The van der Waals surface area contributed by atoms with Crippen molar-refractivity contribution >= 4 is 5.91 Å². The van der Waals surface area contributed by atoms with Crippen molar-refractivity contribution in [2.45, 2.75) is 31.8 Å². The SMILES string of the molecule is COc1ccc2c(c1)CCOC21CCN(C(=O)c2cc(C)on2)CC1. The van der Waals surface area contributed by atoms with Crippen LogP contribution in [-0.4, -0.2) is 42.8 Å². The van der Waals surface area contributed by atoms with E-state index in [1.165, 1.54) is 11.1 Å². The lowest BCUT2D eigenvalue weighted by molar-refractivity contribution is -0.0936. The summed E-state index contributed by atoms with van der Waals surface area (Å²) in [6.45, 7) is 3.79. The Morgan fingerprint density at radius 3 is 2.76 bits per heavy atom. The molecular formula is C19H22N2O4. The number of methoxy groups -OCH3 is 1. The molecule has 1 aromatic heterocycles. The van der Waals surface area contributed by atoms with Crippen molar-refractivity contribution in [3.8, 4) is 5.75 Å². The molecule has 2 aliphatic heterocycles. The first-order valence-corrected chi connectivity index (χ1v) is 8.65. The second kappa shape index (κ2) is 6.19. The van der Waals surface area contributed by atoms with Crippen LogP contribution in [0.3, 0.4) is 0 Å². The molecule has 0 unspecified atom stereocenters. The van der Waals surface area contributed by atoms with Gasteiger partial charge < -0.3 is 18.9 Å². The molecule has 3 heterocycles. The van der Waals surface area contributed by atoms with Gasteiger partial charge in [-0.25, -0.2) is 0 Å². The smallest absolute Gasteiger partial charge is 0.276 e. The normalized spacial score (nSPS) is 18.9. The number of carbonyl (C=O) groups is 1. The van der Waals surface area contributed by atoms with E-state index in [-0.39, 0.29) is 11.5 Å². The highest BCUT2D eigenvalue weighted by atomic mass is 16.5. The Kier molecular flexibility index (Phi) is 4.00. The molecule has 0 radical (unpaired) electrons. The number of aromatic nitrogens is 1. The van der Waals surface area contributed by atoms with Gasteiger partial charge in [-0.15, -0.1) is 0 Å². The van der Waals surface area contributed by atoms with E-state index in [0.717, 1.165) is 25.0 Å². The molecule has 1 fully saturated rings. The number of amides is 1. The second-order valence-corrected chi connectivity index (χ2v) is 6.73. The van der Waals surface area contributed by atoms with Crippen LogP contribution in [0.15, 0.2) is 28.8 Å². The first-order valence-electron chi connectivity index (χ1n) is 8.65. The molecule has 2 aromatic rings. The van der Waals surface area contributed by atoms with Crippen molar-refractivity contribution in [1.29, 1.82) is 0 Å². The molecule has 0 aliphatic carbocycles. The summed E-state index contributed by atoms with van der Waals surface area (Å²) in [6, 6.07) is 7.90. The Balaban J connectivity index is 1.53. The van der Waals surface area contributed by atoms with Crippen LogP contribution in [0.4, 0.5) is 0 Å². The number of carbonyl (C=O) groups excluding carboxylic acids is 1. The zero-order valence-electron chi connectivity index (χ0n) is 14.6. The van der Waals surface area contributed by atoms with Crippen LogP contribution in [0.25, 0.3) is 0 Å². The quantitative estimate of drug-likeness (QED) is 0.839. The average molecular weight is 342 g/mol. The van der Waals surface area contributed by atoms with Gasteiger partial charge in [0.25, 0.3) is 5.91 Å². The summed E-state index contributed by atoms with van der Waals surface area (Å²) in [5.74, 6) is 1.46. The molecule has 6 nitrogen and oxygen atoms in total. The molecule has 1 amide bonds. The van der Waals surface area contributed by atoms with E-state index in [1.807, 2.05) is 11.0 Å². The molecule has 0 N–H and O–H groups in total. The van der Waals surface area contributed by atoms with Gasteiger partial charge in [-0.1, -0.05) is 11.2 Å². The molecule has 132 valence electrons. The highest BCUT2D eigenvalue weighted by molar-refractivity contribution is 5.92. The van der Waals surface area contributed by atoms with Crippen molar-refractivity contribution in [2.75, 3.05) is 26.8 Å². The van der Waals surface area contributed by atoms with Crippen LogP contribution in [0, 0.1) is 6.92 Å². The van der Waals surface area contributed by atoms with Crippen molar-refractivity contribution in [3.05, 3.63) is 46.8 Å². The molecule has 0 bridgehead atoms. The van der Waals surface area contributed by atoms with E-state index >= 15 is 0 Å². The average Bonchev–Trinajstić information content (AvgIpc) is 3.08. The molecule has 25 heavy (non-hydrogen) atoms. The van der Waals surface area contributed by atoms with Crippen molar-refractivity contribution < 1.29 is 18.8 Å². The number of hydrogen-bond acceptors (Lipinski definition) is 5. The molecule has 0 saturated carbocycles. The van der Waals surface area contributed by atoms with Gasteiger partial charge in [0.15, 0.2) is 5.69 Å². The number of piperidine rings is 1. The van der Waals surface area contributed by atoms with Gasteiger partial charge in [0.05, 0.1) is 19.3 Å². The highest BCUT2D eigenvalue weighted by Crippen LogP contribution is 2.42. The Bertz CT molecular complexity index is 790. The van der Waals surface area contributed by atoms with Gasteiger partial charge in [0, 0.05) is 19.2 Å². The van der Waals surface area contributed by atoms with E-state index in [9.17, 15) is 4.79 Å². The fourth-order valence-electron chi connectivity index (χ4n) is 3.90. The third kappa shape index (κ3) is 2.80. The monoisotopic (exact) mass is 342 g/mol. The topological polar surface area (TPSA) is 64.8 Å². The summed E-state index contributed by atoms with van der Waals surface area (Å²) in [7, 11) is 1.69. The van der Waals surface area contributed by atoms with Crippen LogP contribution in [0.2, 0.25) is 0 Å². The molecule has 0 atom stereocenters. The van der Waals surface area contributed by atoms with Gasteiger partial charge in [-0.3, -0.25) is 4.79 Å². The standard InChI is InChI=1S/C19H22N2O4/c1-13-11-17(20-25-13)18(22)21-8-6-19(7-9-21)16-4-3-15(23-2)12-14(16)5-10-24-19/h3-4,11-12H,5-10H2,1-2H3. The minimum absolute atomic E-state index is 0.0718. The van der Waals surface area contributed by atoms with Crippen LogP contribution in [-0.2, 0) is 16.8 Å². The number of rotatable bonds is 2. The van der Waals surface area contributed by atoms with Gasteiger partial charge in [-0.2, -0.15) is 0 Å². The maximum Gasteiger partial charge on any atom is 0.276 e. The summed E-state index contributed by atoms with van der Waals surface area (Å²) < 4.78 is 16.6. The largest absolute Gasteiger partial charge is 0.497 e. The van der Waals surface area contributed by atoms with E-state index in [4.69, 9.17) is 14.0 Å². The number of ether oxygens (including phenoxy) is 2. The number of likely N-dealkylation sites (tertiary alicyclic amines) is 1.